The molecule has 1 rings (SSSR count). The second kappa shape index (κ2) is 4.26. The van der Waals surface area contributed by atoms with E-state index in [-0.39, 0.29) is 0 Å². The molecule has 72 valence electrons. The predicted octanol–water partition coefficient (Wildman–Crippen LogP) is 2.73. The lowest BCUT2D eigenvalue weighted by atomic mass is 10.2. The minimum atomic E-state index is 0.564. The molecule has 1 aromatic rings. The summed E-state index contributed by atoms with van der Waals surface area (Å²) in [5, 5.41) is 0. The zero-order valence-electron chi connectivity index (χ0n) is 8.79. The van der Waals surface area contributed by atoms with Crippen LogP contribution >= 0.6 is 0 Å². The van der Waals surface area contributed by atoms with Crippen molar-refractivity contribution < 1.29 is 4.74 Å². The van der Waals surface area contributed by atoms with Crippen LogP contribution in [0.3, 0.4) is 0 Å². The standard InChI is InChI=1S/C11H17NO/c1-8(2)7-13-11-5-9(3)12-10(4)6-11/h5-6,8H,7H2,1-4H3. The summed E-state index contributed by atoms with van der Waals surface area (Å²) in [6.07, 6.45) is 0. The van der Waals surface area contributed by atoms with Crippen LogP contribution in [0.15, 0.2) is 12.1 Å². The number of hydrogen-bond acceptors (Lipinski definition) is 2. The van der Waals surface area contributed by atoms with Crippen LogP contribution in [0.25, 0.3) is 0 Å². The predicted molar refractivity (Wildman–Crippen MR) is 54.0 cm³/mol. The molecule has 0 fully saturated rings. The highest BCUT2D eigenvalue weighted by atomic mass is 16.5. The molecule has 0 saturated heterocycles. The van der Waals surface area contributed by atoms with Gasteiger partial charge in [0.25, 0.3) is 0 Å². The molecule has 0 saturated carbocycles. The topological polar surface area (TPSA) is 22.1 Å². The summed E-state index contributed by atoms with van der Waals surface area (Å²) in [6, 6.07) is 3.94. The summed E-state index contributed by atoms with van der Waals surface area (Å²) < 4.78 is 5.59. The largest absolute Gasteiger partial charge is 0.493 e. The lowest BCUT2D eigenvalue weighted by molar-refractivity contribution is 0.270. The maximum atomic E-state index is 5.59. The fourth-order valence-corrected chi connectivity index (χ4v) is 1.14. The third kappa shape index (κ3) is 3.45. The quantitative estimate of drug-likeness (QED) is 0.711. The molecule has 0 aliphatic heterocycles. The molecule has 0 aromatic carbocycles. The zero-order chi connectivity index (χ0) is 9.84. The average Bonchev–Trinajstić information content (AvgIpc) is 1.99. The van der Waals surface area contributed by atoms with Crippen molar-refractivity contribution in [3.05, 3.63) is 23.5 Å². The number of aromatic nitrogens is 1. The van der Waals surface area contributed by atoms with Gasteiger partial charge in [-0.15, -0.1) is 0 Å². The summed E-state index contributed by atoms with van der Waals surface area (Å²) in [6.45, 7) is 9.01. The van der Waals surface area contributed by atoms with Gasteiger partial charge in [-0.1, -0.05) is 13.8 Å². The highest BCUT2D eigenvalue weighted by molar-refractivity contribution is 5.25. The van der Waals surface area contributed by atoms with Gasteiger partial charge in [0, 0.05) is 23.5 Å². The summed E-state index contributed by atoms with van der Waals surface area (Å²) >= 11 is 0. The average molecular weight is 179 g/mol. The molecule has 0 amide bonds. The van der Waals surface area contributed by atoms with Crippen molar-refractivity contribution in [3.8, 4) is 5.75 Å². The molecule has 0 unspecified atom stereocenters. The molecule has 2 heteroatoms. The Morgan fingerprint density at radius 1 is 1.23 bits per heavy atom. The molecule has 1 heterocycles. The Hall–Kier alpha value is -1.05. The molecule has 13 heavy (non-hydrogen) atoms. The van der Waals surface area contributed by atoms with Crippen molar-refractivity contribution in [3.63, 3.8) is 0 Å². The molecule has 0 aliphatic rings. The van der Waals surface area contributed by atoms with E-state index in [1.165, 1.54) is 0 Å². The van der Waals surface area contributed by atoms with E-state index in [0.29, 0.717) is 5.92 Å². The van der Waals surface area contributed by atoms with Crippen LogP contribution in [0.5, 0.6) is 5.75 Å². The lowest BCUT2D eigenvalue weighted by Gasteiger charge is -2.09. The molecule has 0 atom stereocenters. The molecule has 0 radical (unpaired) electrons. The third-order valence-corrected chi connectivity index (χ3v) is 1.64. The minimum Gasteiger partial charge on any atom is -0.493 e. The molecule has 0 aliphatic carbocycles. The summed E-state index contributed by atoms with van der Waals surface area (Å²) in [5.74, 6) is 1.49. The van der Waals surface area contributed by atoms with Crippen LogP contribution < -0.4 is 4.74 Å². The number of ether oxygens (including phenoxy) is 1. The maximum Gasteiger partial charge on any atom is 0.122 e. The van der Waals surface area contributed by atoms with E-state index < -0.39 is 0 Å². The van der Waals surface area contributed by atoms with Gasteiger partial charge in [-0.3, -0.25) is 4.98 Å². The molecule has 1 aromatic heterocycles. The van der Waals surface area contributed by atoms with Gasteiger partial charge < -0.3 is 4.74 Å². The number of hydrogen-bond donors (Lipinski definition) is 0. The van der Waals surface area contributed by atoms with E-state index >= 15 is 0 Å². The van der Waals surface area contributed by atoms with Crippen molar-refractivity contribution in [2.45, 2.75) is 27.7 Å². The van der Waals surface area contributed by atoms with Gasteiger partial charge in [0.1, 0.15) is 5.75 Å². The number of aryl methyl sites for hydroxylation is 2. The van der Waals surface area contributed by atoms with Crippen molar-refractivity contribution in [2.75, 3.05) is 6.61 Å². The fraction of sp³-hybridized carbons (Fsp3) is 0.545. The first-order chi connectivity index (χ1) is 6.08. The van der Waals surface area contributed by atoms with Crippen molar-refractivity contribution in [1.82, 2.24) is 4.98 Å². The van der Waals surface area contributed by atoms with Gasteiger partial charge in [0.2, 0.25) is 0 Å². The Kier molecular flexibility index (Phi) is 3.29. The van der Waals surface area contributed by atoms with Crippen LogP contribution in [-0.4, -0.2) is 11.6 Å². The van der Waals surface area contributed by atoms with Crippen molar-refractivity contribution in [2.24, 2.45) is 5.92 Å². The molecule has 0 bridgehead atoms. The maximum absolute atomic E-state index is 5.59. The second-order valence-corrected chi connectivity index (χ2v) is 3.79. The van der Waals surface area contributed by atoms with Crippen molar-refractivity contribution in [1.29, 1.82) is 0 Å². The SMILES string of the molecule is Cc1cc(OCC(C)C)cc(C)n1. The Balaban J connectivity index is 2.66. The minimum absolute atomic E-state index is 0.564. The fourth-order valence-electron chi connectivity index (χ4n) is 1.14. The van der Waals surface area contributed by atoms with E-state index in [1.807, 2.05) is 26.0 Å². The van der Waals surface area contributed by atoms with E-state index in [0.717, 1.165) is 23.7 Å². The van der Waals surface area contributed by atoms with E-state index in [4.69, 9.17) is 4.74 Å². The smallest absolute Gasteiger partial charge is 0.122 e. The van der Waals surface area contributed by atoms with Gasteiger partial charge in [-0.05, 0) is 19.8 Å². The molecule has 0 spiro atoms. The van der Waals surface area contributed by atoms with Crippen LogP contribution in [0.1, 0.15) is 25.2 Å². The molecular formula is C11H17NO. The monoisotopic (exact) mass is 179 g/mol. The van der Waals surface area contributed by atoms with Gasteiger partial charge >= 0.3 is 0 Å². The van der Waals surface area contributed by atoms with E-state index in [9.17, 15) is 0 Å². The molecule has 2 nitrogen and oxygen atoms in total. The number of nitrogens with zero attached hydrogens (tertiary/aromatic N) is 1. The zero-order valence-corrected chi connectivity index (χ0v) is 8.79. The highest BCUT2D eigenvalue weighted by Crippen LogP contribution is 2.14. The Morgan fingerprint density at radius 2 is 1.77 bits per heavy atom. The first-order valence-electron chi connectivity index (χ1n) is 4.66. The highest BCUT2D eigenvalue weighted by Gasteiger charge is 1.99. The van der Waals surface area contributed by atoms with Crippen LogP contribution in [0.4, 0.5) is 0 Å². The van der Waals surface area contributed by atoms with Crippen LogP contribution in [0, 0.1) is 19.8 Å². The Morgan fingerprint density at radius 3 is 2.23 bits per heavy atom. The summed E-state index contributed by atoms with van der Waals surface area (Å²) in [5.41, 5.74) is 2.03. The van der Waals surface area contributed by atoms with Gasteiger partial charge in [-0.2, -0.15) is 0 Å². The Labute approximate surface area is 80.0 Å². The second-order valence-electron chi connectivity index (χ2n) is 3.79. The summed E-state index contributed by atoms with van der Waals surface area (Å²) in [7, 11) is 0. The number of rotatable bonds is 3. The molecule has 0 N–H and O–H groups in total. The molecular weight excluding hydrogens is 162 g/mol. The third-order valence-electron chi connectivity index (χ3n) is 1.64. The van der Waals surface area contributed by atoms with Gasteiger partial charge in [-0.25, -0.2) is 0 Å². The van der Waals surface area contributed by atoms with Gasteiger partial charge in [0.05, 0.1) is 6.61 Å². The van der Waals surface area contributed by atoms with Crippen LogP contribution in [-0.2, 0) is 0 Å². The van der Waals surface area contributed by atoms with Crippen LogP contribution in [0.2, 0.25) is 0 Å². The van der Waals surface area contributed by atoms with E-state index in [2.05, 4.69) is 18.8 Å². The van der Waals surface area contributed by atoms with Crippen molar-refractivity contribution >= 4 is 0 Å². The lowest BCUT2D eigenvalue weighted by Crippen LogP contribution is -2.05. The first kappa shape index (κ1) is 10.0. The van der Waals surface area contributed by atoms with Gasteiger partial charge in [0.15, 0.2) is 0 Å². The summed E-state index contributed by atoms with van der Waals surface area (Å²) in [4.78, 5) is 4.28. The number of pyridine rings is 1. The Bertz CT molecular complexity index is 261. The first-order valence-corrected chi connectivity index (χ1v) is 4.66. The van der Waals surface area contributed by atoms with E-state index in [1.54, 1.807) is 0 Å². The normalized spacial score (nSPS) is 10.5.